The molecule has 8 heteroatoms. The minimum absolute atomic E-state index is 0. The summed E-state index contributed by atoms with van der Waals surface area (Å²) in [4.78, 5) is 4.61. The van der Waals surface area contributed by atoms with Crippen molar-refractivity contribution in [1.82, 2.24) is 25.2 Å². The lowest BCUT2D eigenvalue weighted by Gasteiger charge is -2.11. The molecule has 0 saturated carbocycles. The number of aromatic nitrogens is 3. The number of aliphatic imine (C=N–C) groups is 1. The SMILES string of the molecule is CCNC(=NCc1nnc2ccccn12)NCCCOCCc1ccccc1.I. The van der Waals surface area contributed by atoms with Gasteiger partial charge in [0.1, 0.15) is 6.54 Å². The first kappa shape index (κ1) is 23.1. The van der Waals surface area contributed by atoms with Gasteiger partial charge in [0.25, 0.3) is 0 Å². The van der Waals surface area contributed by atoms with Gasteiger partial charge in [0.05, 0.1) is 6.61 Å². The molecule has 0 spiro atoms. The topological polar surface area (TPSA) is 75.8 Å². The summed E-state index contributed by atoms with van der Waals surface area (Å²) in [6.07, 6.45) is 3.82. The van der Waals surface area contributed by atoms with Gasteiger partial charge in [-0.15, -0.1) is 34.2 Å². The number of ether oxygens (including phenoxy) is 1. The van der Waals surface area contributed by atoms with Crippen molar-refractivity contribution in [2.24, 2.45) is 4.99 Å². The Morgan fingerprint density at radius 3 is 2.69 bits per heavy atom. The third-order valence-electron chi connectivity index (χ3n) is 4.24. The van der Waals surface area contributed by atoms with Crippen molar-refractivity contribution in [3.05, 3.63) is 66.1 Å². The maximum Gasteiger partial charge on any atom is 0.191 e. The molecular formula is C21H29IN6O. The molecule has 0 saturated heterocycles. The summed E-state index contributed by atoms with van der Waals surface area (Å²) < 4.78 is 7.68. The molecule has 3 aromatic rings. The van der Waals surface area contributed by atoms with Gasteiger partial charge in [-0.2, -0.15) is 0 Å². The second kappa shape index (κ2) is 13.1. The Kier molecular flexibility index (Phi) is 10.4. The minimum atomic E-state index is 0. The van der Waals surface area contributed by atoms with Crippen LogP contribution in [0.5, 0.6) is 0 Å². The van der Waals surface area contributed by atoms with Crippen LogP contribution in [0.3, 0.4) is 0 Å². The van der Waals surface area contributed by atoms with Crippen LogP contribution in [-0.4, -0.2) is 46.9 Å². The molecule has 0 radical (unpaired) electrons. The summed E-state index contributed by atoms with van der Waals surface area (Å²) in [6.45, 7) is 5.61. The maximum absolute atomic E-state index is 5.72. The normalized spacial score (nSPS) is 11.3. The summed E-state index contributed by atoms with van der Waals surface area (Å²) in [7, 11) is 0. The van der Waals surface area contributed by atoms with Crippen LogP contribution >= 0.6 is 24.0 Å². The lowest BCUT2D eigenvalue weighted by Crippen LogP contribution is -2.38. The number of rotatable bonds is 10. The van der Waals surface area contributed by atoms with Crippen molar-refractivity contribution in [1.29, 1.82) is 0 Å². The van der Waals surface area contributed by atoms with Crippen molar-refractivity contribution in [2.45, 2.75) is 26.3 Å². The van der Waals surface area contributed by atoms with Gasteiger partial charge in [0.2, 0.25) is 0 Å². The van der Waals surface area contributed by atoms with Crippen molar-refractivity contribution in [3.63, 3.8) is 0 Å². The maximum atomic E-state index is 5.72. The summed E-state index contributed by atoms with van der Waals surface area (Å²) in [5.74, 6) is 1.59. The monoisotopic (exact) mass is 508 g/mol. The van der Waals surface area contributed by atoms with Crippen LogP contribution in [0, 0.1) is 0 Å². The van der Waals surface area contributed by atoms with Crippen molar-refractivity contribution in [2.75, 3.05) is 26.3 Å². The first-order valence-electron chi connectivity index (χ1n) is 9.79. The van der Waals surface area contributed by atoms with Gasteiger partial charge in [-0.3, -0.25) is 4.40 Å². The molecule has 2 aromatic heterocycles. The van der Waals surface area contributed by atoms with E-state index in [9.17, 15) is 0 Å². The highest BCUT2D eigenvalue weighted by Crippen LogP contribution is 2.04. The molecule has 0 amide bonds. The van der Waals surface area contributed by atoms with Gasteiger partial charge >= 0.3 is 0 Å². The van der Waals surface area contributed by atoms with Gasteiger partial charge in [-0.05, 0) is 37.5 Å². The molecule has 0 unspecified atom stereocenters. The highest BCUT2D eigenvalue weighted by atomic mass is 127. The Morgan fingerprint density at radius 2 is 1.86 bits per heavy atom. The molecule has 0 aliphatic heterocycles. The molecule has 156 valence electrons. The Hall–Kier alpha value is -2.20. The zero-order valence-corrected chi connectivity index (χ0v) is 19.1. The molecule has 1 aromatic carbocycles. The molecule has 29 heavy (non-hydrogen) atoms. The fraction of sp³-hybridized carbons (Fsp3) is 0.381. The van der Waals surface area contributed by atoms with Crippen molar-refractivity contribution in [3.8, 4) is 0 Å². The standard InChI is InChI=1S/C21H28N6O.HI/c1-2-22-21(24-17-20-26-25-19-11-6-7-14-27(19)20)23-13-8-15-28-16-12-18-9-4-3-5-10-18;/h3-7,9-11,14H,2,8,12-13,15-17H2,1H3,(H2,22,23,24);1H. The first-order valence-corrected chi connectivity index (χ1v) is 9.79. The van der Waals surface area contributed by atoms with E-state index in [1.54, 1.807) is 0 Å². The highest BCUT2D eigenvalue weighted by Gasteiger charge is 2.04. The zero-order chi connectivity index (χ0) is 19.4. The summed E-state index contributed by atoms with van der Waals surface area (Å²) in [5, 5.41) is 15.0. The fourth-order valence-electron chi connectivity index (χ4n) is 2.81. The molecule has 0 atom stereocenters. The van der Waals surface area contributed by atoms with E-state index < -0.39 is 0 Å². The summed E-state index contributed by atoms with van der Waals surface area (Å²) >= 11 is 0. The van der Waals surface area contributed by atoms with Gasteiger partial charge in [0.15, 0.2) is 17.4 Å². The van der Waals surface area contributed by atoms with Gasteiger partial charge in [-0.25, -0.2) is 4.99 Å². The third-order valence-corrected chi connectivity index (χ3v) is 4.24. The van der Waals surface area contributed by atoms with Gasteiger partial charge in [0, 0.05) is 25.9 Å². The van der Waals surface area contributed by atoms with Crippen LogP contribution in [-0.2, 0) is 17.7 Å². The van der Waals surface area contributed by atoms with E-state index in [0.29, 0.717) is 6.54 Å². The zero-order valence-electron chi connectivity index (χ0n) is 16.8. The molecular weight excluding hydrogens is 479 g/mol. The molecule has 0 bridgehead atoms. The molecule has 3 rings (SSSR count). The number of benzene rings is 1. The number of hydrogen-bond donors (Lipinski definition) is 2. The van der Waals surface area contributed by atoms with Crippen molar-refractivity contribution < 1.29 is 4.74 Å². The Morgan fingerprint density at radius 1 is 1.03 bits per heavy atom. The Labute approximate surface area is 189 Å². The predicted molar refractivity (Wildman–Crippen MR) is 127 cm³/mol. The number of nitrogens with zero attached hydrogens (tertiary/aromatic N) is 4. The molecule has 0 aliphatic rings. The van der Waals surface area contributed by atoms with Crippen molar-refractivity contribution >= 4 is 35.6 Å². The number of nitrogens with one attached hydrogen (secondary N) is 2. The fourth-order valence-corrected chi connectivity index (χ4v) is 2.81. The van der Waals surface area contributed by atoms with E-state index in [2.05, 4.69) is 57.0 Å². The van der Waals surface area contributed by atoms with Crippen LogP contribution in [0.1, 0.15) is 24.7 Å². The quantitative estimate of drug-likeness (QED) is 0.191. The lowest BCUT2D eigenvalue weighted by atomic mass is 10.2. The minimum Gasteiger partial charge on any atom is -0.381 e. The molecule has 0 fully saturated rings. The second-order valence-corrected chi connectivity index (χ2v) is 6.37. The summed E-state index contributed by atoms with van der Waals surface area (Å²) in [5.41, 5.74) is 2.14. The summed E-state index contributed by atoms with van der Waals surface area (Å²) in [6, 6.07) is 16.2. The molecule has 7 nitrogen and oxygen atoms in total. The highest BCUT2D eigenvalue weighted by molar-refractivity contribution is 14.0. The molecule has 2 N–H and O–H groups in total. The third kappa shape index (κ3) is 7.62. The van der Waals surface area contributed by atoms with E-state index in [1.165, 1.54) is 5.56 Å². The number of fused-ring (bicyclic) bond motifs is 1. The number of halogens is 1. The van der Waals surface area contributed by atoms with Crippen LogP contribution in [0.4, 0.5) is 0 Å². The number of guanidine groups is 1. The lowest BCUT2D eigenvalue weighted by molar-refractivity contribution is 0.135. The van der Waals surface area contributed by atoms with E-state index in [0.717, 1.165) is 56.6 Å². The van der Waals surface area contributed by atoms with E-state index >= 15 is 0 Å². The van der Waals surface area contributed by atoms with E-state index in [-0.39, 0.29) is 24.0 Å². The van der Waals surface area contributed by atoms with Crippen LogP contribution < -0.4 is 10.6 Å². The van der Waals surface area contributed by atoms with E-state index in [4.69, 9.17) is 4.74 Å². The number of hydrogen-bond acceptors (Lipinski definition) is 4. The average molecular weight is 508 g/mol. The largest absolute Gasteiger partial charge is 0.381 e. The molecule has 0 aliphatic carbocycles. The average Bonchev–Trinajstić information content (AvgIpc) is 3.15. The Balaban J connectivity index is 0.00000300. The molecule has 2 heterocycles. The smallest absolute Gasteiger partial charge is 0.191 e. The van der Waals surface area contributed by atoms with Crippen LogP contribution in [0.15, 0.2) is 59.7 Å². The second-order valence-electron chi connectivity index (χ2n) is 6.37. The van der Waals surface area contributed by atoms with Gasteiger partial charge in [-0.1, -0.05) is 36.4 Å². The number of pyridine rings is 1. The van der Waals surface area contributed by atoms with E-state index in [1.807, 2.05) is 34.9 Å². The van der Waals surface area contributed by atoms with Crippen LogP contribution in [0.2, 0.25) is 0 Å². The van der Waals surface area contributed by atoms with Crippen LogP contribution in [0.25, 0.3) is 5.65 Å². The predicted octanol–water partition coefficient (Wildman–Crippen LogP) is 3.05. The first-order chi connectivity index (χ1) is 13.9. The Bertz CT molecular complexity index is 868. The van der Waals surface area contributed by atoms with Gasteiger partial charge < -0.3 is 15.4 Å².